The van der Waals surface area contributed by atoms with E-state index in [4.69, 9.17) is 23.2 Å². The van der Waals surface area contributed by atoms with Crippen LogP contribution < -0.4 is 5.56 Å². The molecular weight excluding hydrogens is 552 g/mol. The van der Waals surface area contributed by atoms with Crippen molar-refractivity contribution in [2.75, 3.05) is 0 Å². The van der Waals surface area contributed by atoms with E-state index in [1.807, 2.05) is 43.3 Å². The summed E-state index contributed by atoms with van der Waals surface area (Å²) < 4.78 is 42.9. The maximum atomic E-state index is 14.0. The van der Waals surface area contributed by atoms with Crippen LogP contribution in [0.1, 0.15) is 27.8 Å². The highest BCUT2D eigenvalue weighted by molar-refractivity contribution is 7.18. The van der Waals surface area contributed by atoms with Gasteiger partial charge in [-0.15, -0.1) is 11.3 Å². The normalized spacial score (nSPS) is 12.4. The predicted octanol–water partition coefficient (Wildman–Crippen LogP) is 9.03. The molecule has 0 saturated heterocycles. The highest BCUT2D eigenvalue weighted by atomic mass is 35.5. The van der Waals surface area contributed by atoms with Crippen molar-refractivity contribution in [3.8, 4) is 27.1 Å². The van der Waals surface area contributed by atoms with Gasteiger partial charge in [-0.3, -0.25) is 9.36 Å². The van der Waals surface area contributed by atoms with Gasteiger partial charge in [0.15, 0.2) is 0 Å². The van der Waals surface area contributed by atoms with Crippen molar-refractivity contribution < 1.29 is 13.2 Å². The van der Waals surface area contributed by atoms with Crippen LogP contribution in [0.15, 0.2) is 83.7 Å². The molecule has 3 aromatic carbocycles. The molecule has 0 saturated carbocycles. The maximum Gasteiger partial charge on any atom is 0.417 e. The van der Waals surface area contributed by atoms with E-state index in [1.165, 1.54) is 17.4 Å². The molecule has 3 nitrogen and oxygen atoms in total. The lowest BCUT2D eigenvalue weighted by atomic mass is 9.99. The van der Waals surface area contributed by atoms with Crippen LogP contribution in [0.3, 0.4) is 0 Å². The SMILES string of the molecule is Cc1ccc(-c2ccc(-c3cc(C(F)(F)F)c(C#N)c(=O)n3C(Cl)c3ccccc3Cl)s2)c2ccccc12. The fourth-order valence-corrected chi connectivity index (χ4v) is 6.20. The number of fused-ring (bicyclic) bond motifs is 1. The number of hydrogen-bond donors (Lipinski definition) is 0. The Balaban J connectivity index is 1.77. The summed E-state index contributed by atoms with van der Waals surface area (Å²) in [6, 6.07) is 24.0. The molecule has 0 radical (unpaired) electrons. The molecule has 0 amide bonds. The second-order valence-corrected chi connectivity index (χ2v) is 10.5. The quantitative estimate of drug-likeness (QED) is 0.203. The number of nitrogens with zero attached hydrogens (tertiary/aromatic N) is 2. The molecule has 9 heteroatoms. The minimum absolute atomic E-state index is 0.0612. The van der Waals surface area contributed by atoms with Gasteiger partial charge < -0.3 is 0 Å². The van der Waals surface area contributed by atoms with Crippen LogP contribution in [0.4, 0.5) is 13.2 Å². The highest BCUT2D eigenvalue weighted by Crippen LogP contribution is 2.42. The van der Waals surface area contributed by atoms with Gasteiger partial charge in [-0.05, 0) is 53.1 Å². The van der Waals surface area contributed by atoms with Crippen molar-refractivity contribution in [1.82, 2.24) is 4.57 Å². The summed E-state index contributed by atoms with van der Waals surface area (Å²) in [5, 5.41) is 11.8. The van der Waals surface area contributed by atoms with E-state index < -0.39 is 28.4 Å². The van der Waals surface area contributed by atoms with Crippen LogP contribution in [-0.4, -0.2) is 4.57 Å². The molecule has 2 heterocycles. The topological polar surface area (TPSA) is 45.8 Å². The highest BCUT2D eigenvalue weighted by Gasteiger charge is 2.37. The third kappa shape index (κ3) is 4.49. The van der Waals surface area contributed by atoms with Crippen molar-refractivity contribution in [2.24, 2.45) is 0 Å². The number of thiophene rings is 1. The molecule has 0 bridgehead atoms. The standard InChI is InChI=1S/C29H17Cl2F3N2OS/c1-16-10-11-19(18-7-3-2-6-17(16)18)25-12-13-26(38-25)24-14-22(29(32,33)34)21(15-35)28(37)36(24)27(31)20-8-4-5-9-23(20)30/h2-14,27H,1H3. The summed E-state index contributed by atoms with van der Waals surface area (Å²) in [5.41, 5.74) is -2.47. The first-order valence-electron chi connectivity index (χ1n) is 11.4. The Morgan fingerprint density at radius 3 is 2.29 bits per heavy atom. The van der Waals surface area contributed by atoms with E-state index >= 15 is 0 Å². The number of aryl methyl sites for hydroxylation is 1. The van der Waals surface area contributed by atoms with Gasteiger partial charge in [-0.1, -0.05) is 77.8 Å². The number of pyridine rings is 1. The van der Waals surface area contributed by atoms with Crippen LogP contribution in [-0.2, 0) is 6.18 Å². The minimum atomic E-state index is -4.92. The molecule has 2 aromatic heterocycles. The van der Waals surface area contributed by atoms with Crippen LogP contribution in [0.2, 0.25) is 5.02 Å². The molecule has 0 N–H and O–H groups in total. The fourth-order valence-electron chi connectivity index (χ4n) is 4.46. The zero-order chi connectivity index (χ0) is 27.2. The molecule has 0 aliphatic heterocycles. The lowest BCUT2D eigenvalue weighted by Crippen LogP contribution is -2.30. The van der Waals surface area contributed by atoms with Crippen molar-refractivity contribution >= 4 is 45.3 Å². The van der Waals surface area contributed by atoms with Gasteiger partial charge in [0.05, 0.1) is 16.1 Å². The molecule has 5 aromatic rings. The largest absolute Gasteiger partial charge is 0.417 e. The molecule has 0 aliphatic carbocycles. The third-order valence-electron chi connectivity index (χ3n) is 6.31. The summed E-state index contributed by atoms with van der Waals surface area (Å²) in [6.07, 6.45) is -4.92. The summed E-state index contributed by atoms with van der Waals surface area (Å²) in [7, 11) is 0. The number of halogens is 5. The van der Waals surface area contributed by atoms with Crippen LogP contribution in [0.5, 0.6) is 0 Å². The second-order valence-electron chi connectivity index (χ2n) is 8.60. The maximum absolute atomic E-state index is 14.0. The van der Waals surface area contributed by atoms with Gasteiger partial charge >= 0.3 is 6.18 Å². The van der Waals surface area contributed by atoms with Crippen LogP contribution in [0.25, 0.3) is 31.8 Å². The average Bonchev–Trinajstić information content (AvgIpc) is 3.38. The Hall–Kier alpha value is -3.57. The molecule has 0 spiro atoms. The van der Waals surface area contributed by atoms with E-state index in [0.717, 1.165) is 37.4 Å². The first-order valence-corrected chi connectivity index (χ1v) is 13.0. The number of nitriles is 1. The first-order chi connectivity index (χ1) is 18.1. The monoisotopic (exact) mass is 568 g/mol. The Bertz CT molecular complexity index is 1800. The number of benzene rings is 3. The fraction of sp³-hybridized carbons (Fsp3) is 0.103. The Morgan fingerprint density at radius 2 is 1.61 bits per heavy atom. The number of hydrogen-bond acceptors (Lipinski definition) is 3. The smallest absolute Gasteiger partial charge is 0.285 e. The summed E-state index contributed by atoms with van der Waals surface area (Å²) in [4.78, 5) is 14.6. The zero-order valence-corrected chi connectivity index (χ0v) is 22.0. The molecule has 0 aliphatic rings. The Labute approximate surface area is 229 Å². The number of alkyl halides is 4. The van der Waals surface area contributed by atoms with Gasteiger partial charge in [0.25, 0.3) is 5.56 Å². The summed E-state index contributed by atoms with van der Waals surface area (Å²) in [5.74, 6) is 0. The van der Waals surface area contributed by atoms with Gasteiger partial charge in [0.1, 0.15) is 17.1 Å². The van der Waals surface area contributed by atoms with Crippen LogP contribution in [0, 0.1) is 18.3 Å². The van der Waals surface area contributed by atoms with Crippen molar-refractivity contribution in [2.45, 2.75) is 18.6 Å². The second kappa shape index (κ2) is 9.95. The third-order valence-corrected chi connectivity index (χ3v) is 8.23. The Kier molecular flexibility index (Phi) is 6.83. The van der Waals surface area contributed by atoms with Gasteiger partial charge in [0.2, 0.25) is 0 Å². The summed E-state index contributed by atoms with van der Waals surface area (Å²) in [6.45, 7) is 2.01. The molecule has 190 valence electrons. The van der Waals surface area contributed by atoms with Crippen molar-refractivity contribution in [1.29, 1.82) is 5.26 Å². The molecule has 0 fully saturated rings. The average molecular weight is 569 g/mol. The van der Waals surface area contributed by atoms with Gasteiger partial charge in [0, 0.05) is 15.5 Å². The van der Waals surface area contributed by atoms with Gasteiger partial charge in [-0.2, -0.15) is 18.4 Å². The van der Waals surface area contributed by atoms with E-state index in [2.05, 4.69) is 0 Å². The van der Waals surface area contributed by atoms with E-state index in [9.17, 15) is 23.2 Å². The predicted molar refractivity (Wildman–Crippen MR) is 147 cm³/mol. The van der Waals surface area contributed by atoms with E-state index in [0.29, 0.717) is 10.4 Å². The van der Waals surface area contributed by atoms with Crippen LogP contribution >= 0.6 is 34.5 Å². The van der Waals surface area contributed by atoms with E-state index in [-0.39, 0.29) is 10.7 Å². The Morgan fingerprint density at radius 1 is 0.947 bits per heavy atom. The lowest BCUT2D eigenvalue weighted by molar-refractivity contribution is -0.137. The first kappa shape index (κ1) is 26.1. The molecule has 5 rings (SSSR count). The molecule has 1 atom stereocenters. The number of aromatic nitrogens is 1. The lowest BCUT2D eigenvalue weighted by Gasteiger charge is -2.21. The zero-order valence-electron chi connectivity index (χ0n) is 19.7. The van der Waals surface area contributed by atoms with E-state index in [1.54, 1.807) is 36.4 Å². The minimum Gasteiger partial charge on any atom is -0.285 e. The molecular formula is C29H17Cl2F3N2OS. The summed E-state index contributed by atoms with van der Waals surface area (Å²) >= 11 is 14.2. The molecule has 1 unspecified atom stereocenters. The molecule has 38 heavy (non-hydrogen) atoms. The van der Waals surface area contributed by atoms with Crippen molar-refractivity contribution in [3.63, 3.8) is 0 Å². The van der Waals surface area contributed by atoms with Crippen molar-refractivity contribution in [3.05, 3.63) is 116 Å². The number of rotatable bonds is 4. The van der Waals surface area contributed by atoms with Gasteiger partial charge in [-0.25, -0.2) is 0 Å².